The molecule has 2 aromatic rings. The fourth-order valence-corrected chi connectivity index (χ4v) is 7.31. The van der Waals surface area contributed by atoms with Crippen molar-refractivity contribution in [1.82, 2.24) is 24.9 Å². The lowest BCUT2D eigenvalue weighted by Gasteiger charge is -2.50. The smallest absolute Gasteiger partial charge is 0.306 e. The van der Waals surface area contributed by atoms with E-state index in [-0.39, 0.29) is 27.5 Å². The topological polar surface area (TPSA) is 172 Å². The van der Waals surface area contributed by atoms with Crippen molar-refractivity contribution in [2.45, 2.75) is 29.8 Å². The van der Waals surface area contributed by atoms with E-state index in [2.05, 4.69) is 20.4 Å². The van der Waals surface area contributed by atoms with Gasteiger partial charge in [-0.3, -0.25) is 14.5 Å². The predicted octanol–water partition coefficient (Wildman–Crippen LogP) is -2.26. The van der Waals surface area contributed by atoms with Crippen LogP contribution in [0.3, 0.4) is 0 Å². The van der Waals surface area contributed by atoms with Gasteiger partial charge in [-0.05, 0) is 4.98 Å². The van der Waals surface area contributed by atoms with Crippen molar-refractivity contribution in [2.24, 2.45) is 5.16 Å². The fraction of sp³-hybridized carbons (Fsp3) is 0.389. The highest BCUT2D eigenvalue weighted by Gasteiger charge is 2.53. The first-order chi connectivity index (χ1) is 16.4. The molecule has 2 unspecified atom stereocenters. The van der Waals surface area contributed by atoms with Gasteiger partial charge in [0.15, 0.2) is 10.8 Å². The minimum absolute atomic E-state index is 0.106. The number of nitrogens with zero attached hydrogens (tertiary/aromatic N) is 6. The lowest BCUT2D eigenvalue weighted by atomic mass is 10.0. The monoisotopic (exact) mass is 522 g/mol. The molecule has 3 aliphatic rings. The standard InChI is InChI=1S/C18H18N8O5S3/c1-31-23-11(9-4-33-18(19)21-9)14(27)22-12-15(28)26-13(17(29)30)10(5-32-16(12)26)34-8-2-24-6-20-7-25(24)3-8/h4,6-8,12,16H,2-3,5H2,1H3,(H3-,19,21,22,27,29,30)/b23-11-. The highest BCUT2D eigenvalue weighted by Crippen LogP contribution is 2.44. The van der Waals surface area contributed by atoms with E-state index in [4.69, 9.17) is 10.6 Å². The van der Waals surface area contributed by atoms with E-state index in [1.165, 1.54) is 35.5 Å². The van der Waals surface area contributed by atoms with Crippen LogP contribution in [0.2, 0.25) is 0 Å². The third-order valence-corrected chi connectivity index (χ3v) is 8.79. The van der Waals surface area contributed by atoms with Crippen LogP contribution in [0.1, 0.15) is 5.69 Å². The molecule has 1 saturated heterocycles. The summed E-state index contributed by atoms with van der Waals surface area (Å²) < 4.78 is 3.90. The average Bonchev–Trinajstić information content (AvgIpc) is 3.51. The lowest BCUT2D eigenvalue weighted by Crippen LogP contribution is -2.71. The molecule has 0 aromatic carbocycles. The number of nitrogen functional groups attached to an aromatic ring is 1. The number of thiazole rings is 1. The summed E-state index contributed by atoms with van der Waals surface area (Å²) in [7, 11) is 1.28. The number of nitrogens with one attached hydrogen (secondary N) is 1. The highest BCUT2D eigenvalue weighted by atomic mass is 32.2. The summed E-state index contributed by atoms with van der Waals surface area (Å²) in [5, 5.41) is 19.7. The number of carboxylic acids is 1. The molecule has 13 nitrogen and oxygen atoms in total. The maximum atomic E-state index is 12.9. The van der Waals surface area contributed by atoms with Gasteiger partial charge in [0.25, 0.3) is 11.8 Å². The molecule has 0 saturated carbocycles. The Balaban J connectivity index is 1.31. The Morgan fingerprint density at radius 3 is 2.97 bits per heavy atom. The van der Waals surface area contributed by atoms with Crippen molar-refractivity contribution in [3.8, 4) is 0 Å². The Labute approximate surface area is 205 Å². The van der Waals surface area contributed by atoms with Gasteiger partial charge in [0, 0.05) is 16.0 Å². The molecule has 3 aliphatic heterocycles. The number of aromatic nitrogens is 4. The molecule has 2 aromatic heterocycles. The van der Waals surface area contributed by atoms with Crippen LogP contribution in [-0.4, -0.2) is 72.6 Å². The number of aliphatic carboxylic acids is 1. The van der Waals surface area contributed by atoms with Crippen LogP contribution in [0.15, 0.2) is 33.8 Å². The number of fused-ring (bicyclic) bond motifs is 2. The molecular formula is C18H18N8O5S3. The van der Waals surface area contributed by atoms with Crippen LogP contribution in [0.5, 0.6) is 0 Å². The van der Waals surface area contributed by atoms with Gasteiger partial charge >= 0.3 is 6.33 Å². The minimum Gasteiger partial charge on any atom is -0.543 e. The van der Waals surface area contributed by atoms with Crippen LogP contribution in [0, 0.1) is 0 Å². The summed E-state index contributed by atoms with van der Waals surface area (Å²) in [6.07, 6.45) is 3.43. The van der Waals surface area contributed by atoms with Gasteiger partial charge in [0.05, 0.1) is 23.5 Å². The Morgan fingerprint density at radius 1 is 1.47 bits per heavy atom. The number of carbonyl (C=O) groups is 3. The molecule has 5 heterocycles. The summed E-state index contributed by atoms with van der Waals surface area (Å²) in [6.45, 7) is 1.36. The number of anilines is 1. The molecule has 2 atom stereocenters. The van der Waals surface area contributed by atoms with E-state index in [9.17, 15) is 19.5 Å². The SMILES string of the molecule is CO/N=C(\C(=O)NC1C(=O)N2C(C(=O)[O-])=C(SC3Cn4cnc[n+]4C3)CSC12)c1csc(N)n1. The minimum atomic E-state index is -1.42. The summed E-state index contributed by atoms with van der Waals surface area (Å²) in [5.41, 5.74) is 5.58. The molecule has 1 fully saturated rings. The van der Waals surface area contributed by atoms with Crippen LogP contribution in [-0.2, 0) is 32.3 Å². The van der Waals surface area contributed by atoms with E-state index < -0.39 is 29.2 Å². The normalized spacial score (nSPS) is 23.9. The summed E-state index contributed by atoms with van der Waals surface area (Å²) >= 11 is 3.94. The van der Waals surface area contributed by atoms with Gasteiger partial charge in [-0.2, -0.15) is 9.36 Å². The Bertz CT molecular complexity index is 1220. The molecule has 5 rings (SSSR count). The van der Waals surface area contributed by atoms with Gasteiger partial charge < -0.3 is 25.8 Å². The number of thioether (sulfide) groups is 2. The lowest BCUT2D eigenvalue weighted by molar-refractivity contribution is -0.758. The first kappa shape index (κ1) is 22.7. The average molecular weight is 523 g/mol. The molecule has 3 N–H and O–H groups in total. The third-order valence-electron chi connectivity index (χ3n) is 5.40. The zero-order valence-electron chi connectivity index (χ0n) is 17.6. The first-order valence-electron chi connectivity index (χ1n) is 9.96. The zero-order chi connectivity index (χ0) is 24.0. The maximum absolute atomic E-state index is 12.9. The van der Waals surface area contributed by atoms with Crippen molar-refractivity contribution in [1.29, 1.82) is 0 Å². The van der Waals surface area contributed by atoms with Crippen LogP contribution < -0.4 is 20.8 Å². The quantitative estimate of drug-likeness (QED) is 0.175. The van der Waals surface area contributed by atoms with Crippen molar-refractivity contribution >= 4 is 63.5 Å². The first-order valence-corrected chi connectivity index (χ1v) is 12.8. The zero-order valence-corrected chi connectivity index (χ0v) is 20.1. The number of amides is 2. The molecule has 16 heteroatoms. The van der Waals surface area contributed by atoms with Gasteiger partial charge in [-0.15, -0.1) is 34.9 Å². The van der Waals surface area contributed by atoms with Crippen molar-refractivity contribution in [2.75, 3.05) is 18.6 Å². The van der Waals surface area contributed by atoms with Crippen LogP contribution >= 0.6 is 34.9 Å². The van der Waals surface area contributed by atoms with Crippen molar-refractivity contribution in [3.05, 3.63) is 34.3 Å². The largest absolute Gasteiger partial charge is 0.543 e. The van der Waals surface area contributed by atoms with Gasteiger partial charge in [0.2, 0.25) is 6.33 Å². The summed E-state index contributed by atoms with van der Waals surface area (Å²) in [5.74, 6) is -2.25. The highest BCUT2D eigenvalue weighted by molar-refractivity contribution is 8.06. The summed E-state index contributed by atoms with van der Waals surface area (Å²) in [6, 6.07) is -0.926. The molecule has 0 spiro atoms. The van der Waals surface area contributed by atoms with Crippen molar-refractivity contribution in [3.63, 3.8) is 0 Å². The molecule has 178 valence electrons. The predicted molar refractivity (Wildman–Crippen MR) is 121 cm³/mol. The van der Waals surface area contributed by atoms with E-state index in [0.717, 1.165) is 11.3 Å². The number of carboxylic acid groups (broad SMARTS) is 1. The molecule has 34 heavy (non-hydrogen) atoms. The Hall–Kier alpha value is -3.11. The van der Waals surface area contributed by atoms with E-state index in [0.29, 0.717) is 23.7 Å². The molecular weight excluding hydrogens is 504 g/mol. The van der Waals surface area contributed by atoms with Gasteiger partial charge in [0.1, 0.15) is 30.8 Å². The summed E-state index contributed by atoms with van der Waals surface area (Å²) in [4.78, 5) is 52.4. The number of hydrogen-bond acceptors (Lipinski definition) is 12. The second kappa shape index (κ2) is 8.92. The Kier molecular flexibility index (Phi) is 5.95. The third kappa shape index (κ3) is 3.90. The van der Waals surface area contributed by atoms with E-state index in [1.807, 2.05) is 9.36 Å². The van der Waals surface area contributed by atoms with Gasteiger partial charge in [-0.25, -0.2) is 4.98 Å². The fourth-order valence-electron chi connectivity index (χ4n) is 3.94. The number of hydrogen-bond donors (Lipinski definition) is 2. The maximum Gasteiger partial charge on any atom is 0.306 e. The second-order valence-corrected chi connectivity index (χ2v) is 10.9. The number of nitrogens with two attached hydrogens (primary N) is 1. The van der Waals surface area contributed by atoms with Crippen LogP contribution in [0.25, 0.3) is 0 Å². The number of rotatable bonds is 7. The molecule has 0 bridgehead atoms. The number of carbonyl (C=O) groups excluding carboxylic acids is 3. The van der Waals surface area contributed by atoms with Crippen LogP contribution in [0.4, 0.5) is 5.13 Å². The molecule has 2 amide bonds. The Morgan fingerprint density at radius 2 is 2.29 bits per heavy atom. The van der Waals surface area contributed by atoms with Crippen molar-refractivity contribution < 1.29 is 29.0 Å². The molecule has 0 radical (unpaired) electrons. The number of β-lactam (4-membered cyclic amide) rings is 1. The van der Waals surface area contributed by atoms with Gasteiger partial charge in [-0.1, -0.05) is 5.16 Å². The van der Waals surface area contributed by atoms with E-state index >= 15 is 0 Å². The van der Waals surface area contributed by atoms with E-state index in [1.54, 1.807) is 18.0 Å². The number of oxime groups is 1. The second-order valence-electron chi connectivity index (χ2n) is 7.48. The molecule has 0 aliphatic carbocycles.